The Kier molecular flexibility index (Phi) is 4.44. The summed E-state index contributed by atoms with van der Waals surface area (Å²) in [5, 5.41) is 11.3. The predicted octanol–water partition coefficient (Wildman–Crippen LogP) is 1.38. The highest BCUT2D eigenvalue weighted by Gasteiger charge is 2.21. The number of amides is 1. The fourth-order valence-corrected chi connectivity index (χ4v) is 1.30. The molecule has 0 atom stereocenters. The van der Waals surface area contributed by atoms with Crippen LogP contribution in [0.1, 0.15) is 25.8 Å². The van der Waals surface area contributed by atoms with Gasteiger partial charge in [-0.05, 0) is 38.0 Å². The summed E-state index contributed by atoms with van der Waals surface area (Å²) in [6.45, 7) is 3.26. The van der Waals surface area contributed by atoms with Crippen molar-refractivity contribution in [2.75, 3.05) is 5.32 Å². The summed E-state index contributed by atoms with van der Waals surface area (Å²) in [6, 6.07) is 7.06. The molecule has 98 valence electrons. The standard InChI is InChI=1S/C13H18N2O3/c1-13(2,14)12(18)15-10-6-3-9(4-7-10)5-8-11(16)17/h3-4,6-7H,5,8,14H2,1-2H3,(H,15,18)(H,16,17). The van der Waals surface area contributed by atoms with Crippen LogP contribution in [-0.2, 0) is 16.0 Å². The minimum atomic E-state index is -0.929. The highest BCUT2D eigenvalue weighted by atomic mass is 16.4. The first-order valence-electron chi connectivity index (χ1n) is 5.70. The maximum Gasteiger partial charge on any atom is 0.303 e. The van der Waals surface area contributed by atoms with Crippen LogP contribution in [-0.4, -0.2) is 22.5 Å². The second kappa shape index (κ2) is 5.64. The lowest BCUT2D eigenvalue weighted by atomic mass is 10.1. The van der Waals surface area contributed by atoms with Crippen molar-refractivity contribution in [3.8, 4) is 0 Å². The van der Waals surface area contributed by atoms with Gasteiger partial charge in [0.05, 0.1) is 5.54 Å². The molecule has 4 N–H and O–H groups in total. The van der Waals surface area contributed by atoms with Crippen LogP contribution in [0.25, 0.3) is 0 Å². The molecule has 5 nitrogen and oxygen atoms in total. The molecule has 1 aromatic rings. The molecule has 0 heterocycles. The van der Waals surface area contributed by atoms with Gasteiger partial charge in [0.2, 0.25) is 5.91 Å². The zero-order chi connectivity index (χ0) is 13.8. The molecule has 18 heavy (non-hydrogen) atoms. The predicted molar refractivity (Wildman–Crippen MR) is 69.3 cm³/mol. The Morgan fingerprint density at radius 2 is 1.83 bits per heavy atom. The molecular formula is C13H18N2O3. The second-order valence-corrected chi connectivity index (χ2v) is 4.77. The molecule has 0 saturated carbocycles. The van der Waals surface area contributed by atoms with Crippen LogP contribution in [0.5, 0.6) is 0 Å². The number of nitrogens with two attached hydrogens (primary N) is 1. The summed E-state index contributed by atoms with van der Waals surface area (Å²) >= 11 is 0. The van der Waals surface area contributed by atoms with E-state index in [1.165, 1.54) is 0 Å². The fraction of sp³-hybridized carbons (Fsp3) is 0.385. The monoisotopic (exact) mass is 250 g/mol. The normalized spacial score (nSPS) is 11.1. The van der Waals surface area contributed by atoms with Crippen molar-refractivity contribution in [1.29, 1.82) is 0 Å². The number of rotatable bonds is 5. The molecule has 0 radical (unpaired) electrons. The van der Waals surface area contributed by atoms with E-state index < -0.39 is 11.5 Å². The molecule has 0 unspecified atom stereocenters. The Morgan fingerprint density at radius 1 is 1.28 bits per heavy atom. The lowest BCUT2D eigenvalue weighted by Crippen LogP contribution is -2.45. The number of carboxylic acid groups (broad SMARTS) is 1. The number of carboxylic acids is 1. The average Bonchev–Trinajstić information content (AvgIpc) is 2.26. The van der Waals surface area contributed by atoms with E-state index in [-0.39, 0.29) is 12.3 Å². The number of hydrogen-bond acceptors (Lipinski definition) is 3. The van der Waals surface area contributed by atoms with Gasteiger partial charge in [0, 0.05) is 12.1 Å². The molecule has 1 aromatic carbocycles. The van der Waals surface area contributed by atoms with Gasteiger partial charge >= 0.3 is 5.97 Å². The van der Waals surface area contributed by atoms with Gasteiger partial charge in [-0.25, -0.2) is 0 Å². The van der Waals surface area contributed by atoms with Crippen molar-refractivity contribution in [2.45, 2.75) is 32.2 Å². The highest BCUT2D eigenvalue weighted by molar-refractivity contribution is 5.97. The third kappa shape index (κ3) is 4.55. The second-order valence-electron chi connectivity index (χ2n) is 4.77. The Morgan fingerprint density at radius 3 is 2.28 bits per heavy atom. The molecule has 0 aliphatic heterocycles. The summed E-state index contributed by atoms with van der Waals surface area (Å²) in [5.74, 6) is -1.09. The zero-order valence-electron chi connectivity index (χ0n) is 10.6. The van der Waals surface area contributed by atoms with Crippen LogP contribution in [0.15, 0.2) is 24.3 Å². The third-order valence-corrected chi connectivity index (χ3v) is 2.42. The third-order valence-electron chi connectivity index (χ3n) is 2.42. The number of benzene rings is 1. The number of aliphatic carboxylic acids is 1. The van der Waals surface area contributed by atoms with Gasteiger partial charge in [0.15, 0.2) is 0 Å². The van der Waals surface area contributed by atoms with Crippen molar-refractivity contribution in [2.24, 2.45) is 5.73 Å². The van der Waals surface area contributed by atoms with Gasteiger partial charge in [0.1, 0.15) is 0 Å². The van der Waals surface area contributed by atoms with E-state index in [1.807, 2.05) is 0 Å². The van der Waals surface area contributed by atoms with Crippen LogP contribution in [0.4, 0.5) is 5.69 Å². The van der Waals surface area contributed by atoms with Crippen LogP contribution < -0.4 is 11.1 Å². The SMILES string of the molecule is CC(C)(N)C(=O)Nc1ccc(CCC(=O)O)cc1. The Bertz CT molecular complexity index is 433. The van der Waals surface area contributed by atoms with E-state index in [1.54, 1.807) is 38.1 Å². The van der Waals surface area contributed by atoms with Crippen LogP contribution in [0.3, 0.4) is 0 Å². The van der Waals surface area contributed by atoms with Crippen molar-refractivity contribution in [3.05, 3.63) is 29.8 Å². The number of aryl methyl sites for hydroxylation is 1. The van der Waals surface area contributed by atoms with Crippen LogP contribution in [0, 0.1) is 0 Å². The number of nitrogens with one attached hydrogen (secondary N) is 1. The summed E-state index contributed by atoms with van der Waals surface area (Å²) in [7, 11) is 0. The molecule has 0 aliphatic carbocycles. The highest BCUT2D eigenvalue weighted by Crippen LogP contribution is 2.12. The molecule has 0 spiro atoms. The average molecular weight is 250 g/mol. The van der Waals surface area contributed by atoms with E-state index in [0.29, 0.717) is 12.1 Å². The van der Waals surface area contributed by atoms with Gasteiger partial charge in [0.25, 0.3) is 0 Å². The maximum atomic E-state index is 11.6. The molecular weight excluding hydrogens is 232 g/mol. The Labute approximate surface area is 106 Å². The summed E-state index contributed by atoms with van der Waals surface area (Å²) in [4.78, 5) is 22.0. The molecule has 1 rings (SSSR count). The van der Waals surface area contributed by atoms with Gasteiger partial charge in [-0.2, -0.15) is 0 Å². The van der Waals surface area contributed by atoms with Crippen LogP contribution >= 0.6 is 0 Å². The molecule has 0 saturated heterocycles. The Balaban J connectivity index is 2.60. The van der Waals surface area contributed by atoms with Crippen molar-refractivity contribution in [3.63, 3.8) is 0 Å². The lowest BCUT2D eigenvalue weighted by Gasteiger charge is -2.17. The van der Waals surface area contributed by atoms with Gasteiger partial charge in [-0.1, -0.05) is 12.1 Å². The van der Waals surface area contributed by atoms with Crippen molar-refractivity contribution in [1.82, 2.24) is 0 Å². The number of anilines is 1. The van der Waals surface area contributed by atoms with Crippen LogP contribution in [0.2, 0.25) is 0 Å². The fourth-order valence-electron chi connectivity index (χ4n) is 1.30. The zero-order valence-corrected chi connectivity index (χ0v) is 10.6. The van der Waals surface area contributed by atoms with E-state index in [0.717, 1.165) is 5.56 Å². The summed E-state index contributed by atoms with van der Waals surface area (Å²) in [5.41, 5.74) is 6.30. The summed E-state index contributed by atoms with van der Waals surface area (Å²) < 4.78 is 0. The first-order valence-corrected chi connectivity index (χ1v) is 5.70. The number of hydrogen-bond donors (Lipinski definition) is 3. The minimum Gasteiger partial charge on any atom is -0.481 e. The topological polar surface area (TPSA) is 92.4 Å². The smallest absolute Gasteiger partial charge is 0.303 e. The van der Waals surface area contributed by atoms with E-state index in [4.69, 9.17) is 10.8 Å². The molecule has 0 aliphatic rings. The molecule has 0 aromatic heterocycles. The van der Waals surface area contributed by atoms with Gasteiger partial charge in [-0.15, -0.1) is 0 Å². The minimum absolute atomic E-state index is 0.0987. The molecule has 1 amide bonds. The van der Waals surface area contributed by atoms with Gasteiger partial charge < -0.3 is 16.2 Å². The largest absolute Gasteiger partial charge is 0.481 e. The van der Waals surface area contributed by atoms with Gasteiger partial charge in [-0.3, -0.25) is 9.59 Å². The maximum absolute atomic E-state index is 11.6. The first kappa shape index (κ1) is 14.2. The van der Waals surface area contributed by atoms with E-state index in [9.17, 15) is 9.59 Å². The molecule has 0 fully saturated rings. The number of carbonyl (C=O) groups excluding carboxylic acids is 1. The van der Waals surface area contributed by atoms with Crippen molar-refractivity contribution >= 4 is 17.6 Å². The summed E-state index contributed by atoms with van der Waals surface area (Å²) in [6.07, 6.45) is 0.577. The van der Waals surface area contributed by atoms with Crippen molar-refractivity contribution < 1.29 is 14.7 Å². The quantitative estimate of drug-likeness (QED) is 0.736. The van der Waals surface area contributed by atoms with E-state index in [2.05, 4.69) is 5.32 Å². The molecule has 0 bridgehead atoms. The number of carbonyl (C=O) groups is 2. The first-order chi connectivity index (χ1) is 8.29. The Hall–Kier alpha value is -1.88. The lowest BCUT2D eigenvalue weighted by molar-refractivity contribution is -0.137. The van der Waals surface area contributed by atoms with E-state index >= 15 is 0 Å². The molecule has 5 heteroatoms.